The Morgan fingerprint density at radius 2 is 2.05 bits per heavy atom. The molecule has 0 aromatic rings. The van der Waals surface area contributed by atoms with E-state index in [9.17, 15) is 14.9 Å². The standard InChI is InChI=1S/C13H25NO6/c1-5-6-7-11(20-10-18-3)13(2,14(16)17)9-8-12(15)19-4/h11H,5-10H2,1-4H3/t11-,13+/m1/s1. The van der Waals surface area contributed by atoms with E-state index in [-0.39, 0.29) is 24.6 Å². The molecule has 7 heteroatoms. The Balaban J connectivity index is 4.90. The fourth-order valence-electron chi connectivity index (χ4n) is 1.94. The van der Waals surface area contributed by atoms with Crippen molar-refractivity contribution < 1.29 is 23.9 Å². The number of hydrogen-bond acceptors (Lipinski definition) is 6. The van der Waals surface area contributed by atoms with Gasteiger partial charge in [-0.1, -0.05) is 19.8 Å². The van der Waals surface area contributed by atoms with Crippen LogP contribution in [0, 0.1) is 10.1 Å². The number of ether oxygens (including phenoxy) is 3. The third-order valence-electron chi connectivity index (χ3n) is 3.38. The van der Waals surface area contributed by atoms with Crippen LogP contribution in [0.15, 0.2) is 0 Å². The molecular formula is C13H25NO6. The van der Waals surface area contributed by atoms with Gasteiger partial charge in [0.05, 0.1) is 13.5 Å². The molecule has 0 aliphatic rings. The van der Waals surface area contributed by atoms with Crippen LogP contribution in [-0.2, 0) is 19.0 Å². The lowest BCUT2D eigenvalue weighted by Gasteiger charge is -2.29. The highest BCUT2D eigenvalue weighted by molar-refractivity contribution is 5.69. The number of carbonyl (C=O) groups excluding carboxylic acids is 1. The highest BCUT2D eigenvalue weighted by Gasteiger charge is 2.46. The Kier molecular flexibility index (Phi) is 9.07. The lowest BCUT2D eigenvalue weighted by Crippen LogP contribution is -2.48. The summed E-state index contributed by atoms with van der Waals surface area (Å²) in [5, 5.41) is 11.4. The highest BCUT2D eigenvalue weighted by Crippen LogP contribution is 2.27. The number of hydrogen-bond donors (Lipinski definition) is 0. The van der Waals surface area contributed by atoms with E-state index in [2.05, 4.69) is 4.74 Å². The zero-order valence-electron chi connectivity index (χ0n) is 12.7. The zero-order chi connectivity index (χ0) is 15.6. The number of unbranched alkanes of at least 4 members (excludes halogenated alkanes) is 1. The van der Waals surface area contributed by atoms with E-state index < -0.39 is 17.6 Å². The van der Waals surface area contributed by atoms with Gasteiger partial charge in [0, 0.05) is 25.4 Å². The average Bonchev–Trinajstić information content (AvgIpc) is 2.44. The quantitative estimate of drug-likeness (QED) is 0.251. The monoisotopic (exact) mass is 291 g/mol. The molecule has 0 radical (unpaired) electrons. The van der Waals surface area contributed by atoms with Crippen LogP contribution in [0.5, 0.6) is 0 Å². The van der Waals surface area contributed by atoms with Gasteiger partial charge < -0.3 is 14.2 Å². The molecule has 0 aliphatic carbocycles. The SMILES string of the molecule is CCCC[C@@H](OCOC)[C@](C)(CCC(=O)OC)[N+](=O)[O-]. The molecule has 118 valence electrons. The fraction of sp³-hybridized carbons (Fsp3) is 0.923. The van der Waals surface area contributed by atoms with Crippen LogP contribution in [0.2, 0.25) is 0 Å². The van der Waals surface area contributed by atoms with E-state index in [1.54, 1.807) is 0 Å². The second-order valence-electron chi connectivity index (χ2n) is 4.89. The number of esters is 1. The molecule has 0 saturated carbocycles. The maximum atomic E-state index is 11.4. The molecule has 0 heterocycles. The maximum Gasteiger partial charge on any atom is 0.305 e. The minimum atomic E-state index is -1.33. The first kappa shape index (κ1) is 18.8. The van der Waals surface area contributed by atoms with Crippen LogP contribution >= 0.6 is 0 Å². The summed E-state index contributed by atoms with van der Waals surface area (Å²) in [7, 11) is 2.73. The van der Waals surface area contributed by atoms with Crippen LogP contribution < -0.4 is 0 Å². The molecule has 0 N–H and O–H groups in total. The molecule has 0 unspecified atom stereocenters. The summed E-state index contributed by atoms with van der Waals surface area (Å²) in [6.45, 7) is 3.51. The number of carbonyl (C=O) groups is 1. The van der Waals surface area contributed by atoms with Crippen molar-refractivity contribution in [2.75, 3.05) is 21.0 Å². The Hall–Kier alpha value is -1.21. The van der Waals surface area contributed by atoms with Gasteiger partial charge in [-0.05, 0) is 6.42 Å². The molecule has 0 bridgehead atoms. The first-order valence-corrected chi connectivity index (χ1v) is 6.74. The number of rotatable bonds is 11. The lowest BCUT2D eigenvalue weighted by molar-refractivity contribution is -0.581. The summed E-state index contributed by atoms with van der Waals surface area (Å²) in [5.41, 5.74) is -1.33. The van der Waals surface area contributed by atoms with E-state index in [0.717, 1.165) is 12.8 Å². The predicted molar refractivity (Wildman–Crippen MR) is 72.9 cm³/mol. The third kappa shape index (κ3) is 5.83. The van der Waals surface area contributed by atoms with Crippen molar-refractivity contribution in [1.82, 2.24) is 0 Å². The number of methoxy groups -OCH3 is 2. The van der Waals surface area contributed by atoms with Gasteiger partial charge in [0.2, 0.25) is 5.54 Å². The second kappa shape index (κ2) is 9.66. The number of nitro groups is 1. The van der Waals surface area contributed by atoms with Gasteiger partial charge in [0.1, 0.15) is 12.9 Å². The van der Waals surface area contributed by atoms with Crippen LogP contribution in [0.25, 0.3) is 0 Å². The molecule has 0 spiro atoms. The highest BCUT2D eigenvalue weighted by atomic mass is 16.7. The third-order valence-corrected chi connectivity index (χ3v) is 3.38. The van der Waals surface area contributed by atoms with Crippen LogP contribution in [0.1, 0.15) is 46.0 Å². The molecular weight excluding hydrogens is 266 g/mol. The number of nitrogens with zero attached hydrogens (tertiary/aromatic N) is 1. The van der Waals surface area contributed by atoms with Crippen LogP contribution in [-0.4, -0.2) is 43.5 Å². The molecule has 0 fully saturated rings. The summed E-state index contributed by atoms with van der Waals surface area (Å²) in [6.07, 6.45) is 1.76. The second-order valence-corrected chi connectivity index (χ2v) is 4.89. The van der Waals surface area contributed by atoms with Gasteiger partial charge in [-0.3, -0.25) is 14.9 Å². The maximum absolute atomic E-state index is 11.4. The van der Waals surface area contributed by atoms with Gasteiger partial charge in [-0.15, -0.1) is 0 Å². The topological polar surface area (TPSA) is 87.9 Å². The molecule has 0 amide bonds. The molecule has 0 aromatic heterocycles. The largest absolute Gasteiger partial charge is 0.469 e. The van der Waals surface area contributed by atoms with Crippen molar-refractivity contribution in [3.8, 4) is 0 Å². The van der Waals surface area contributed by atoms with Crippen LogP contribution in [0.3, 0.4) is 0 Å². The average molecular weight is 291 g/mol. The molecule has 20 heavy (non-hydrogen) atoms. The van der Waals surface area contributed by atoms with E-state index in [0.29, 0.717) is 6.42 Å². The van der Waals surface area contributed by atoms with Crippen molar-refractivity contribution in [2.24, 2.45) is 0 Å². The van der Waals surface area contributed by atoms with E-state index in [1.165, 1.54) is 21.1 Å². The summed E-state index contributed by atoms with van der Waals surface area (Å²) in [5.74, 6) is -0.459. The zero-order valence-corrected chi connectivity index (χ0v) is 12.7. The fourth-order valence-corrected chi connectivity index (χ4v) is 1.94. The van der Waals surface area contributed by atoms with Gasteiger partial charge in [0.25, 0.3) is 0 Å². The van der Waals surface area contributed by atoms with Gasteiger partial charge in [-0.2, -0.15) is 0 Å². The summed E-state index contributed by atoms with van der Waals surface area (Å²) in [4.78, 5) is 22.3. The smallest absolute Gasteiger partial charge is 0.305 e. The summed E-state index contributed by atoms with van der Waals surface area (Å²) >= 11 is 0. The minimum absolute atomic E-state index is 0.00393. The predicted octanol–water partition coefficient (Wildman–Crippen LogP) is 2.15. The van der Waals surface area contributed by atoms with E-state index >= 15 is 0 Å². The first-order chi connectivity index (χ1) is 9.42. The first-order valence-electron chi connectivity index (χ1n) is 6.74. The molecule has 0 saturated heterocycles. The normalized spacial score (nSPS) is 15.4. The van der Waals surface area contributed by atoms with Crippen molar-refractivity contribution in [3.63, 3.8) is 0 Å². The molecule has 7 nitrogen and oxygen atoms in total. The molecule has 0 rings (SSSR count). The summed E-state index contributed by atoms with van der Waals surface area (Å²) in [6, 6.07) is 0. The van der Waals surface area contributed by atoms with Crippen LogP contribution in [0.4, 0.5) is 0 Å². The van der Waals surface area contributed by atoms with Crippen molar-refractivity contribution in [1.29, 1.82) is 0 Å². The lowest BCUT2D eigenvalue weighted by atomic mass is 9.87. The molecule has 2 atom stereocenters. The molecule has 0 aromatic carbocycles. The Morgan fingerprint density at radius 3 is 2.50 bits per heavy atom. The van der Waals surface area contributed by atoms with Crippen molar-refractivity contribution in [3.05, 3.63) is 10.1 Å². The van der Waals surface area contributed by atoms with Gasteiger partial charge in [0.15, 0.2) is 0 Å². The van der Waals surface area contributed by atoms with Gasteiger partial charge in [-0.25, -0.2) is 0 Å². The molecule has 0 aliphatic heterocycles. The van der Waals surface area contributed by atoms with Crippen molar-refractivity contribution in [2.45, 2.75) is 57.6 Å². The Labute approximate surface area is 119 Å². The van der Waals surface area contributed by atoms with Crippen molar-refractivity contribution >= 4 is 5.97 Å². The Bertz CT molecular complexity index is 301. The Morgan fingerprint density at radius 1 is 1.40 bits per heavy atom. The van der Waals surface area contributed by atoms with Gasteiger partial charge >= 0.3 is 5.97 Å². The van der Waals surface area contributed by atoms with E-state index in [4.69, 9.17) is 9.47 Å². The minimum Gasteiger partial charge on any atom is -0.469 e. The van der Waals surface area contributed by atoms with E-state index in [1.807, 2.05) is 6.92 Å². The summed E-state index contributed by atoms with van der Waals surface area (Å²) < 4.78 is 14.8.